The number of nitrogens with zero attached hydrogens (tertiary/aromatic N) is 2. The van der Waals surface area contributed by atoms with Crippen LogP contribution in [0.25, 0.3) is 0 Å². The molecular formula is C14H17N3O2. The highest BCUT2D eigenvalue weighted by Gasteiger charge is 2.23. The van der Waals surface area contributed by atoms with Gasteiger partial charge in [-0.25, -0.2) is 4.98 Å². The van der Waals surface area contributed by atoms with Crippen LogP contribution in [0.5, 0.6) is 11.5 Å². The second-order valence-corrected chi connectivity index (χ2v) is 4.69. The Labute approximate surface area is 111 Å². The van der Waals surface area contributed by atoms with Crippen molar-refractivity contribution in [1.29, 1.82) is 0 Å². The van der Waals surface area contributed by atoms with Gasteiger partial charge < -0.3 is 19.7 Å². The van der Waals surface area contributed by atoms with Crippen LogP contribution in [0.4, 0.5) is 0 Å². The number of aryl methyl sites for hydroxylation is 1. The summed E-state index contributed by atoms with van der Waals surface area (Å²) in [6, 6.07) is 5.51. The maximum atomic E-state index is 9.39. The predicted molar refractivity (Wildman–Crippen MR) is 71.2 cm³/mol. The van der Waals surface area contributed by atoms with Gasteiger partial charge in [-0.2, -0.15) is 0 Å². The lowest BCUT2D eigenvalue weighted by Gasteiger charge is -2.11. The number of aromatic hydroxyl groups is 1. The standard InChI is InChI=1S/C14H17N3O2/c18-11-2-3-12-13(9-19-14(12)8-11)16-4-1-6-17-7-5-15-10-17/h2-3,5,7-8,10,13,16,18H,1,4,6,9H2. The van der Waals surface area contributed by atoms with Gasteiger partial charge in [-0.05, 0) is 25.1 Å². The minimum atomic E-state index is 0.221. The van der Waals surface area contributed by atoms with Gasteiger partial charge in [0, 0.05) is 30.6 Å². The molecule has 2 N–H and O–H groups in total. The van der Waals surface area contributed by atoms with Crippen LogP contribution in [0, 0.1) is 0 Å². The number of ether oxygens (including phenoxy) is 1. The van der Waals surface area contributed by atoms with Crippen LogP contribution >= 0.6 is 0 Å². The Hall–Kier alpha value is -2.01. The van der Waals surface area contributed by atoms with E-state index in [1.54, 1.807) is 18.3 Å². The number of phenolic OH excluding ortho intramolecular Hbond substituents is 1. The highest BCUT2D eigenvalue weighted by atomic mass is 16.5. The molecule has 1 aromatic heterocycles. The monoisotopic (exact) mass is 259 g/mol. The van der Waals surface area contributed by atoms with Crippen LogP contribution < -0.4 is 10.1 Å². The molecule has 0 spiro atoms. The Balaban J connectivity index is 1.50. The van der Waals surface area contributed by atoms with Crippen molar-refractivity contribution < 1.29 is 9.84 Å². The molecule has 0 aliphatic carbocycles. The number of hydrogen-bond acceptors (Lipinski definition) is 4. The molecule has 5 nitrogen and oxygen atoms in total. The normalized spacial score (nSPS) is 17.2. The van der Waals surface area contributed by atoms with Gasteiger partial charge in [0.05, 0.1) is 12.4 Å². The van der Waals surface area contributed by atoms with Gasteiger partial charge in [0.15, 0.2) is 0 Å². The van der Waals surface area contributed by atoms with E-state index in [2.05, 4.69) is 14.9 Å². The molecular weight excluding hydrogens is 242 g/mol. The molecule has 2 aromatic rings. The highest BCUT2D eigenvalue weighted by molar-refractivity contribution is 5.44. The van der Waals surface area contributed by atoms with E-state index in [-0.39, 0.29) is 11.8 Å². The summed E-state index contributed by atoms with van der Waals surface area (Å²) < 4.78 is 7.63. The van der Waals surface area contributed by atoms with Crippen molar-refractivity contribution in [1.82, 2.24) is 14.9 Å². The van der Waals surface area contributed by atoms with Crippen molar-refractivity contribution >= 4 is 0 Å². The third kappa shape index (κ3) is 2.71. The molecule has 3 rings (SSSR count). The van der Waals surface area contributed by atoms with Crippen LogP contribution in [-0.4, -0.2) is 27.8 Å². The number of hydrogen-bond donors (Lipinski definition) is 2. The van der Waals surface area contributed by atoms with E-state index in [4.69, 9.17) is 4.74 Å². The Morgan fingerprint density at radius 1 is 1.47 bits per heavy atom. The number of benzene rings is 1. The first-order chi connectivity index (χ1) is 9.33. The second kappa shape index (κ2) is 5.32. The Kier molecular flexibility index (Phi) is 3.37. The average Bonchev–Trinajstić information content (AvgIpc) is 3.03. The lowest BCUT2D eigenvalue weighted by Crippen LogP contribution is -2.24. The fourth-order valence-corrected chi connectivity index (χ4v) is 2.32. The summed E-state index contributed by atoms with van der Waals surface area (Å²) in [6.07, 6.45) is 6.63. The summed E-state index contributed by atoms with van der Waals surface area (Å²) in [6.45, 7) is 2.51. The van der Waals surface area contributed by atoms with Gasteiger partial charge in [-0.3, -0.25) is 0 Å². The summed E-state index contributed by atoms with van der Waals surface area (Å²) in [5.74, 6) is 1.03. The van der Waals surface area contributed by atoms with E-state index >= 15 is 0 Å². The van der Waals surface area contributed by atoms with Crippen molar-refractivity contribution in [3.8, 4) is 11.5 Å². The summed E-state index contributed by atoms with van der Waals surface area (Å²) in [5, 5.41) is 12.9. The van der Waals surface area contributed by atoms with Crippen LogP contribution in [0.15, 0.2) is 36.9 Å². The van der Waals surface area contributed by atoms with Gasteiger partial charge >= 0.3 is 0 Å². The van der Waals surface area contributed by atoms with Crippen molar-refractivity contribution in [3.05, 3.63) is 42.5 Å². The second-order valence-electron chi connectivity index (χ2n) is 4.69. The molecule has 1 aromatic carbocycles. The SMILES string of the molecule is Oc1ccc2c(c1)OCC2NCCCn1ccnc1. The van der Waals surface area contributed by atoms with Crippen LogP contribution in [-0.2, 0) is 6.54 Å². The molecule has 0 bridgehead atoms. The fourth-order valence-electron chi connectivity index (χ4n) is 2.32. The van der Waals surface area contributed by atoms with E-state index in [9.17, 15) is 5.11 Å². The molecule has 5 heteroatoms. The summed E-state index contributed by atoms with van der Waals surface area (Å²) in [7, 11) is 0. The first kappa shape index (κ1) is 12.0. The number of fused-ring (bicyclic) bond motifs is 1. The number of imidazole rings is 1. The third-order valence-electron chi connectivity index (χ3n) is 3.32. The molecule has 100 valence electrons. The van der Waals surface area contributed by atoms with E-state index in [1.165, 1.54) is 0 Å². The molecule has 0 radical (unpaired) electrons. The number of phenols is 1. The fraction of sp³-hybridized carbons (Fsp3) is 0.357. The topological polar surface area (TPSA) is 59.3 Å². The lowest BCUT2D eigenvalue weighted by atomic mass is 10.1. The lowest BCUT2D eigenvalue weighted by molar-refractivity contribution is 0.309. The molecule has 0 saturated heterocycles. The Morgan fingerprint density at radius 2 is 2.42 bits per heavy atom. The zero-order chi connectivity index (χ0) is 13.1. The Morgan fingerprint density at radius 3 is 3.26 bits per heavy atom. The zero-order valence-corrected chi connectivity index (χ0v) is 10.6. The number of aromatic nitrogens is 2. The molecule has 1 aliphatic heterocycles. The molecule has 1 atom stereocenters. The van der Waals surface area contributed by atoms with Gasteiger partial charge in [-0.15, -0.1) is 0 Å². The average molecular weight is 259 g/mol. The molecule has 0 saturated carbocycles. The Bertz CT molecular complexity index is 540. The molecule has 2 heterocycles. The summed E-state index contributed by atoms with van der Waals surface area (Å²) in [5.41, 5.74) is 1.13. The van der Waals surface area contributed by atoms with Gasteiger partial charge in [-0.1, -0.05) is 0 Å². The largest absolute Gasteiger partial charge is 0.508 e. The van der Waals surface area contributed by atoms with Gasteiger partial charge in [0.25, 0.3) is 0 Å². The molecule has 0 fully saturated rings. The van der Waals surface area contributed by atoms with Crippen molar-refractivity contribution in [2.75, 3.05) is 13.2 Å². The van der Waals surface area contributed by atoms with Gasteiger partial charge in [0.1, 0.15) is 18.1 Å². The van der Waals surface area contributed by atoms with Crippen LogP contribution in [0.2, 0.25) is 0 Å². The van der Waals surface area contributed by atoms with Crippen LogP contribution in [0.1, 0.15) is 18.0 Å². The quantitative estimate of drug-likeness (QED) is 0.802. The third-order valence-corrected chi connectivity index (χ3v) is 3.32. The molecule has 1 aliphatic rings. The molecule has 19 heavy (non-hydrogen) atoms. The first-order valence-corrected chi connectivity index (χ1v) is 6.48. The first-order valence-electron chi connectivity index (χ1n) is 6.48. The summed E-state index contributed by atoms with van der Waals surface area (Å²) >= 11 is 0. The van der Waals surface area contributed by atoms with E-state index in [0.29, 0.717) is 6.61 Å². The van der Waals surface area contributed by atoms with Crippen molar-refractivity contribution in [2.45, 2.75) is 19.0 Å². The minimum absolute atomic E-state index is 0.221. The van der Waals surface area contributed by atoms with Gasteiger partial charge in [0.2, 0.25) is 0 Å². The molecule has 0 amide bonds. The van der Waals surface area contributed by atoms with Crippen LogP contribution in [0.3, 0.4) is 0 Å². The maximum absolute atomic E-state index is 9.39. The highest BCUT2D eigenvalue weighted by Crippen LogP contribution is 2.34. The molecule has 1 unspecified atom stereocenters. The van der Waals surface area contributed by atoms with E-state index in [1.807, 2.05) is 18.6 Å². The maximum Gasteiger partial charge on any atom is 0.127 e. The summed E-state index contributed by atoms with van der Waals surface area (Å²) in [4.78, 5) is 4.02. The number of rotatable bonds is 5. The van der Waals surface area contributed by atoms with E-state index < -0.39 is 0 Å². The smallest absolute Gasteiger partial charge is 0.127 e. The van der Waals surface area contributed by atoms with Crippen molar-refractivity contribution in [3.63, 3.8) is 0 Å². The predicted octanol–water partition coefficient (Wildman–Crippen LogP) is 1.70. The zero-order valence-electron chi connectivity index (χ0n) is 10.6. The van der Waals surface area contributed by atoms with E-state index in [0.717, 1.165) is 30.8 Å². The van der Waals surface area contributed by atoms with Crippen molar-refractivity contribution in [2.24, 2.45) is 0 Å². The minimum Gasteiger partial charge on any atom is -0.508 e. The number of nitrogens with one attached hydrogen (secondary N) is 1.